The number of phenols is 1. The van der Waals surface area contributed by atoms with Crippen molar-refractivity contribution in [3.63, 3.8) is 0 Å². The van der Waals surface area contributed by atoms with E-state index in [4.69, 9.17) is 9.47 Å². The summed E-state index contributed by atoms with van der Waals surface area (Å²) in [6.07, 6.45) is -1.05. The Hall–Kier alpha value is -2.43. The lowest BCUT2D eigenvalue weighted by Gasteiger charge is -2.41. The summed E-state index contributed by atoms with van der Waals surface area (Å²) in [5.41, 5.74) is 2.44. The number of carboxylic acids is 1. The molecule has 1 aliphatic heterocycles. The van der Waals surface area contributed by atoms with E-state index in [-0.39, 0.29) is 28.5 Å². The molecule has 0 amide bonds. The minimum atomic E-state index is -1.82. The quantitative estimate of drug-likeness (QED) is 0.247. The number of aryl methyl sites for hydroxylation is 1. The number of carboxylic acid groups (broad SMARTS) is 1. The second-order valence-electron chi connectivity index (χ2n) is 10.9. The van der Waals surface area contributed by atoms with Crippen LogP contribution in [0.4, 0.5) is 0 Å². The fraction of sp³-hybridized carbons (Fsp3) is 0.621. The molecule has 2 aliphatic rings. The first-order valence-corrected chi connectivity index (χ1v) is 13.3. The SMILES string of the molecule is C=C(C)[C@@H]1CCC(C)=C[C@H]1c1c(O)cc(CCC(C)CC)c(C(=O)O)c1OC1O[C@H](O)[C@@H](O)[C@H](O)[C@H]1CO. The van der Waals surface area contributed by atoms with Crippen LogP contribution in [0.1, 0.15) is 80.8 Å². The van der Waals surface area contributed by atoms with Gasteiger partial charge in [-0.15, -0.1) is 0 Å². The smallest absolute Gasteiger partial charge is 0.339 e. The Morgan fingerprint density at radius 1 is 1.26 bits per heavy atom. The minimum absolute atomic E-state index is 0.0986. The number of aliphatic hydroxyl groups is 4. The maximum Gasteiger partial charge on any atom is 0.339 e. The number of rotatable bonds is 10. The zero-order valence-electron chi connectivity index (χ0n) is 22.6. The van der Waals surface area contributed by atoms with E-state index in [1.165, 1.54) is 6.07 Å². The summed E-state index contributed by atoms with van der Waals surface area (Å²) in [6.45, 7) is 11.4. The van der Waals surface area contributed by atoms with E-state index in [1.807, 2.05) is 26.8 Å². The summed E-state index contributed by atoms with van der Waals surface area (Å²) in [4.78, 5) is 12.7. The number of phenolic OH excluding ortho intramolecular Hbond substituents is 1. The van der Waals surface area contributed by atoms with E-state index in [0.717, 1.165) is 30.4 Å². The lowest BCUT2D eigenvalue weighted by atomic mass is 9.73. The lowest BCUT2D eigenvalue weighted by molar-refractivity contribution is -0.313. The van der Waals surface area contributed by atoms with Gasteiger partial charge in [0.25, 0.3) is 0 Å². The summed E-state index contributed by atoms with van der Waals surface area (Å²) in [5.74, 6) is -2.95. The Bertz CT molecular complexity index is 1050. The van der Waals surface area contributed by atoms with E-state index in [2.05, 4.69) is 13.5 Å². The van der Waals surface area contributed by atoms with E-state index in [0.29, 0.717) is 24.3 Å². The summed E-state index contributed by atoms with van der Waals surface area (Å²) >= 11 is 0. The minimum Gasteiger partial charge on any atom is -0.507 e. The van der Waals surface area contributed by atoms with Crippen LogP contribution < -0.4 is 4.74 Å². The van der Waals surface area contributed by atoms with Gasteiger partial charge in [-0.3, -0.25) is 0 Å². The molecule has 0 bridgehead atoms. The first kappa shape index (κ1) is 30.1. The number of aromatic carboxylic acids is 1. The summed E-state index contributed by atoms with van der Waals surface area (Å²) < 4.78 is 11.5. The summed E-state index contributed by atoms with van der Waals surface area (Å²) in [5, 5.41) is 62.4. The predicted octanol–water partition coefficient (Wildman–Crippen LogP) is 3.47. The van der Waals surface area contributed by atoms with Gasteiger partial charge in [0.15, 0.2) is 6.29 Å². The maximum atomic E-state index is 12.7. The van der Waals surface area contributed by atoms with Gasteiger partial charge in [0, 0.05) is 11.5 Å². The number of benzene rings is 1. The zero-order chi connectivity index (χ0) is 28.3. The largest absolute Gasteiger partial charge is 0.507 e. The number of hydrogen-bond acceptors (Lipinski definition) is 8. The Morgan fingerprint density at radius 3 is 2.53 bits per heavy atom. The molecular formula is C29H42O9. The highest BCUT2D eigenvalue weighted by molar-refractivity contribution is 5.94. The van der Waals surface area contributed by atoms with Gasteiger partial charge < -0.3 is 40.1 Å². The second-order valence-corrected chi connectivity index (χ2v) is 10.9. The second kappa shape index (κ2) is 12.6. The van der Waals surface area contributed by atoms with Crippen LogP contribution in [-0.4, -0.2) is 68.0 Å². The molecule has 0 saturated carbocycles. The molecule has 1 fully saturated rings. The molecule has 1 aromatic carbocycles. The average Bonchev–Trinajstić information content (AvgIpc) is 2.85. The van der Waals surface area contributed by atoms with Crippen molar-refractivity contribution in [2.45, 2.75) is 90.5 Å². The highest BCUT2D eigenvalue weighted by atomic mass is 16.7. The monoisotopic (exact) mass is 534 g/mol. The first-order chi connectivity index (χ1) is 17.9. The van der Waals surface area contributed by atoms with Gasteiger partial charge in [-0.05, 0) is 63.0 Å². The van der Waals surface area contributed by atoms with Crippen molar-refractivity contribution in [3.05, 3.63) is 46.6 Å². The first-order valence-electron chi connectivity index (χ1n) is 13.3. The molecule has 212 valence electrons. The molecule has 3 rings (SSSR count). The van der Waals surface area contributed by atoms with Gasteiger partial charge in [-0.2, -0.15) is 0 Å². The van der Waals surface area contributed by atoms with Crippen LogP contribution in [0.3, 0.4) is 0 Å². The Morgan fingerprint density at radius 2 is 1.95 bits per heavy atom. The number of hydrogen-bond donors (Lipinski definition) is 6. The van der Waals surface area contributed by atoms with Crippen LogP contribution in [0.5, 0.6) is 11.5 Å². The summed E-state index contributed by atoms with van der Waals surface area (Å²) in [7, 11) is 0. The molecular weight excluding hydrogens is 492 g/mol. The molecule has 1 aromatic rings. The molecule has 1 aliphatic carbocycles. The van der Waals surface area contributed by atoms with Crippen molar-refractivity contribution in [1.29, 1.82) is 0 Å². The third-order valence-corrected chi connectivity index (χ3v) is 8.06. The van der Waals surface area contributed by atoms with Crippen LogP contribution in [0.25, 0.3) is 0 Å². The maximum absolute atomic E-state index is 12.7. The van der Waals surface area contributed by atoms with Gasteiger partial charge >= 0.3 is 5.97 Å². The lowest BCUT2D eigenvalue weighted by Crippen LogP contribution is -2.57. The summed E-state index contributed by atoms with van der Waals surface area (Å²) in [6, 6.07) is 1.49. The zero-order valence-corrected chi connectivity index (χ0v) is 22.6. The number of ether oxygens (including phenoxy) is 2. The van der Waals surface area contributed by atoms with E-state index in [9.17, 15) is 35.4 Å². The number of aliphatic hydroxyl groups excluding tert-OH is 4. The van der Waals surface area contributed by atoms with E-state index < -0.39 is 49.2 Å². The third-order valence-electron chi connectivity index (χ3n) is 8.06. The molecule has 2 unspecified atom stereocenters. The van der Waals surface area contributed by atoms with Crippen LogP contribution in [-0.2, 0) is 11.2 Å². The van der Waals surface area contributed by atoms with Gasteiger partial charge in [-0.25, -0.2) is 4.79 Å². The van der Waals surface area contributed by atoms with Crippen molar-refractivity contribution in [2.75, 3.05) is 6.61 Å². The predicted molar refractivity (Wildman–Crippen MR) is 141 cm³/mol. The molecule has 1 saturated heterocycles. The number of aromatic hydroxyl groups is 1. The highest BCUT2D eigenvalue weighted by Gasteiger charge is 2.46. The fourth-order valence-electron chi connectivity index (χ4n) is 5.43. The van der Waals surface area contributed by atoms with Crippen molar-refractivity contribution < 1.29 is 44.9 Å². The van der Waals surface area contributed by atoms with Crippen LogP contribution >= 0.6 is 0 Å². The third kappa shape index (κ3) is 6.24. The molecule has 6 N–H and O–H groups in total. The normalized spacial score (nSPS) is 30.4. The molecule has 38 heavy (non-hydrogen) atoms. The van der Waals surface area contributed by atoms with Gasteiger partial charge in [0.1, 0.15) is 23.2 Å². The Balaban J connectivity index is 2.24. The topological polar surface area (TPSA) is 157 Å². The van der Waals surface area contributed by atoms with Crippen molar-refractivity contribution >= 4 is 5.97 Å². The Kier molecular flexibility index (Phi) is 10.00. The van der Waals surface area contributed by atoms with Crippen molar-refractivity contribution in [1.82, 2.24) is 0 Å². The molecule has 0 spiro atoms. The van der Waals surface area contributed by atoms with Crippen LogP contribution in [0.2, 0.25) is 0 Å². The molecule has 0 aromatic heterocycles. The Labute approximate surface area is 224 Å². The molecule has 0 radical (unpaired) electrons. The molecule has 8 atom stereocenters. The van der Waals surface area contributed by atoms with Crippen molar-refractivity contribution in [2.24, 2.45) is 17.8 Å². The van der Waals surface area contributed by atoms with Gasteiger partial charge in [0.2, 0.25) is 6.29 Å². The standard InChI is InChI=1S/C29H42O9/c1-6-15(4)7-9-17-12-21(31)23(19-11-16(5)8-10-18(19)14(2)3)26(22(17)27(34)35)37-29-20(13-30)24(32)25(33)28(36)38-29/h11-12,15,18-20,24-25,28-33,36H,2,6-10,13H2,1,3-5H3,(H,34,35)/t15?,18-,19+,20+,24+,25-,28-,29?/m0/s1. The molecule has 1 heterocycles. The average molecular weight is 535 g/mol. The van der Waals surface area contributed by atoms with Crippen molar-refractivity contribution in [3.8, 4) is 11.5 Å². The van der Waals surface area contributed by atoms with E-state index in [1.54, 1.807) is 0 Å². The number of carbonyl (C=O) groups is 1. The van der Waals surface area contributed by atoms with Gasteiger partial charge in [-0.1, -0.05) is 44.1 Å². The highest BCUT2D eigenvalue weighted by Crippen LogP contribution is 2.49. The van der Waals surface area contributed by atoms with E-state index >= 15 is 0 Å². The van der Waals surface area contributed by atoms with Crippen LogP contribution in [0.15, 0.2) is 29.9 Å². The number of allylic oxidation sites excluding steroid dienone is 3. The molecule has 9 heteroatoms. The fourth-order valence-corrected chi connectivity index (χ4v) is 5.43. The van der Waals surface area contributed by atoms with Crippen LogP contribution in [0, 0.1) is 17.8 Å². The van der Waals surface area contributed by atoms with Gasteiger partial charge in [0.05, 0.1) is 18.6 Å². The molecule has 9 nitrogen and oxygen atoms in total.